The first-order valence-electron chi connectivity index (χ1n) is 8.68. The Morgan fingerprint density at radius 3 is 2.48 bits per heavy atom. The van der Waals surface area contributed by atoms with Crippen molar-refractivity contribution in [3.63, 3.8) is 0 Å². The molecule has 1 aromatic heterocycles. The van der Waals surface area contributed by atoms with Crippen LogP contribution in [0.5, 0.6) is 11.6 Å². The summed E-state index contributed by atoms with van der Waals surface area (Å²) in [6.07, 6.45) is 1.48. The van der Waals surface area contributed by atoms with Crippen LogP contribution in [0.4, 0.5) is 5.69 Å². The summed E-state index contributed by atoms with van der Waals surface area (Å²) in [7, 11) is -3.55. The molecular formula is C20H18BrN3O4S. The summed E-state index contributed by atoms with van der Waals surface area (Å²) >= 11 is 3.37. The molecule has 1 heterocycles. The number of ether oxygens (including phenoxy) is 1. The predicted molar refractivity (Wildman–Crippen MR) is 114 cm³/mol. The van der Waals surface area contributed by atoms with Gasteiger partial charge in [-0.3, -0.25) is 4.79 Å². The summed E-state index contributed by atoms with van der Waals surface area (Å²) in [6, 6.07) is 16.4. The molecule has 0 saturated carbocycles. The van der Waals surface area contributed by atoms with Crippen molar-refractivity contribution in [3.8, 4) is 11.6 Å². The van der Waals surface area contributed by atoms with Gasteiger partial charge in [-0.2, -0.15) is 0 Å². The number of aromatic nitrogens is 1. The van der Waals surface area contributed by atoms with Crippen LogP contribution in [-0.2, 0) is 10.0 Å². The maximum atomic E-state index is 12.4. The van der Waals surface area contributed by atoms with E-state index in [2.05, 4.69) is 31.0 Å². The minimum absolute atomic E-state index is 0.103. The molecule has 0 aliphatic rings. The van der Waals surface area contributed by atoms with Crippen molar-refractivity contribution in [1.82, 2.24) is 9.71 Å². The van der Waals surface area contributed by atoms with Crippen molar-refractivity contribution in [2.24, 2.45) is 0 Å². The SMILES string of the molecule is CCNS(=O)(=O)c1ccc(C(=O)Nc2ccc(Oc3cccc(Br)c3)nc2)cc1. The van der Waals surface area contributed by atoms with E-state index in [4.69, 9.17) is 4.74 Å². The van der Waals surface area contributed by atoms with Crippen molar-refractivity contribution in [2.75, 3.05) is 11.9 Å². The Morgan fingerprint density at radius 2 is 1.86 bits per heavy atom. The van der Waals surface area contributed by atoms with Gasteiger partial charge in [-0.05, 0) is 48.5 Å². The van der Waals surface area contributed by atoms with E-state index in [0.29, 0.717) is 29.4 Å². The second kappa shape index (κ2) is 9.17. The maximum Gasteiger partial charge on any atom is 0.255 e. The van der Waals surface area contributed by atoms with Gasteiger partial charge in [0.05, 0.1) is 16.8 Å². The molecule has 0 spiro atoms. The van der Waals surface area contributed by atoms with Gasteiger partial charge in [0, 0.05) is 22.6 Å². The molecule has 2 N–H and O–H groups in total. The quantitative estimate of drug-likeness (QED) is 0.533. The molecule has 3 rings (SSSR count). The van der Waals surface area contributed by atoms with Gasteiger partial charge >= 0.3 is 0 Å². The molecule has 0 unspecified atom stereocenters. The van der Waals surface area contributed by atoms with Gasteiger partial charge in [0.2, 0.25) is 15.9 Å². The summed E-state index contributed by atoms with van der Waals surface area (Å²) in [5.74, 6) is 0.648. The highest BCUT2D eigenvalue weighted by molar-refractivity contribution is 9.10. The molecule has 29 heavy (non-hydrogen) atoms. The van der Waals surface area contributed by atoms with Gasteiger partial charge in [-0.15, -0.1) is 0 Å². The molecule has 1 amide bonds. The fourth-order valence-corrected chi connectivity index (χ4v) is 3.85. The second-order valence-electron chi connectivity index (χ2n) is 5.92. The summed E-state index contributed by atoms with van der Waals surface area (Å²) in [4.78, 5) is 16.7. The zero-order valence-electron chi connectivity index (χ0n) is 15.4. The van der Waals surface area contributed by atoms with Crippen molar-refractivity contribution < 1.29 is 17.9 Å². The molecule has 0 radical (unpaired) electrons. The minimum Gasteiger partial charge on any atom is -0.439 e. The molecule has 7 nitrogen and oxygen atoms in total. The predicted octanol–water partition coefficient (Wildman–Crippen LogP) is 4.19. The molecule has 0 aliphatic heterocycles. The molecule has 150 valence electrons. The van der Waals surface area contributed by atoms with Crippen molar-refractivity contribution in [2.45, 2.75) is 11.8 Å². The molecule has 3 aromatic rings. The van der Waals surface area contributed by atoms with Crippen LogP contribution in [0.3, 0.4) is 0 Å². The molecule has 0 atom stereocenters. The van der Waals surface area contributed by atoms with Crippen LogP contribution in [0.1, 0.15) is 17.3 Å². The lowest BCUT2D eigenvalue weighted by Crippen LogP contribution is -2.23. The number of anilines is 1. The standard InChI is InChI=1S/C20H18BrN3O4S/c1-2-23-29(26,27)18-9-6-14(7-10-18)20(25)24-16-8-11-19(22-13-16)28-17-5-3-4-15(21)12-17/h3-13,23H,2H2,1H3,(H,24,25). The number of carbonyl (C=O) groups is 1. The number of hydrogen-bond acceptors (Lipinski definition) is 5. The normalized spacial score (nSPS) is 11.1. The van der Waals surface area contributed by atoms with Crippen molar-refractivity contribution >= 4 is 37.5 Å². The Balaban J connectivity index is 1.64. The van der Waals surface area contributed by atoms with E-state index in [9.17, 15) is 13.2 Å². The molecule has 0 fully saturated rings. The van der Waals surface area contributed by atoms with E-state index >= 15 is 0 Å². The van der Waals surface area contributed by atoms with Crippen molar-refractivity contribution in [1.29, 1.82) is 0 Å². The number of benzene rings is 2. The molecule has 0 aliphatic carbocycles. The highest BCUT2D eigenvalue weighted by atomic mass is 79.9. The number of hydrogen-bond donors (Lipinski definition) is 2. The van der Waals surface area contributed by atoms with E-state index in [1.807, 2.05) is 24.3 Å². The van der Waals surface area contributed by atoms with Gasteiger partial charge in [0.15, 0.2) is 0 Å². The molecule has 9 heteroatoms. The largest absolute Gasteiger partial charge is 0.439 e. The second-order valence-corrected chi connectivity index (χ2v) is 8.61. The number of pyridine rings is 1. The first-order chi connectivity index (χ1) is 13.9. The summed E-state index contributed by atoms with van der Waals surface area (Å²) in [6.45, 7) is 1.99. The Labute approximate surface area is 177 Å². The average molecular weight is 476 g/mol. The summed E-state index contributed by atoms with van der Waals surface area (Å²) in [5, 5.41) is 2.71. The fraction of sp³-hybridized carbons (Fsp3) is 0.100. The highest BCUT2D eigenvalue weighted by Crippen LogP contribution is 2.23. The van der Waals surface area contributed by atoms with Gasteiger partial charge in [0.1, 0.15) is 5.75 Å². The number of nitrogens with zero attached hydrogens (tertiary/aromatic N) is 1. The zero-order valence-corrected chi connectivity index (χ0v) is 17.8. The first-order valence-corrected chi connectivity index (χ1v) is 11.0. The smallest absolute Gasteiger partial charge is 0.255 e. The maximum absolute atomic E-state index is 12.4. The van der Waals surface area contributed by atoms with E-state index in [1.165, 1.54) is 30.5 Å². The van der Waals surface area contributed by atoms with Crippen LogP contribution in [0, 0.1) is 0 Å². The van der Waals surface area contributed by atoms with E-state index in [-0.39, 0.29) is 10.8 Å². The number of rotatable bonds is 7. The van der Waals surface area contributed by atoms with E-state index in [1.54, 1.807) is 19.1 Å². The van der Waals surface area contributed by atoms with E-state index in [0.717, 1.165) is 4.47 Å². The fourth-order valence-electron chi connectivity index (χ4n) is 2.43. The van der Waals surface area contributed by atoms with Crippen LogP contribution in [-0.4, -0.2) is 25.9 Å². The lowest BCUT2D eigenvalue weighted by Gasteiger charge is -2.08. The molecule has 2 aromatic carbocycles. The minimum atomic E-state index is -3.55. The number of halogens is 1. The Kier molecular flexibility index (Phi) is 6.63. The van der Waals surface area contributed by atoms with Gasteiger partial charge in [0.25, 0.3) is 5.91 Å². The van der Waals surface area contributed by atoms with Gasteiger partial charge < -0.3 is 10.1 Å². The van der Waals surface area contributed by atoms with Crippen LogP contribution >= 0.6 is 15.9 Å². The first kappa shape index (κ1) is 21.0. The van der Waals surface area contributed by atoms with E-state index < -0.39 is 10.0 Å². The Bertz CT molecular complexity index is 1100. The number of amides is 1. The monoisotopic (exact) mass is 475 g/mol. The third kappa shape index (κ3) is 5.63. The van der Waals surface area contributed by atoms with Crippen LogP contribution in [0.25, 0.3) is 0 Å². The van der Waals surface area contributed by atoms with Gasteiger partial charge in [-0.1, -0.05) is 28.9 Å². The van der Waals surface area contributed by atoms with Crippen molar-refractivity contribution in [3.05, 3.63) is 76.9 Å². The molecule has 0 saturated heterocycles. The third-order valence-electron chi connectivity index (χ3n) is 3.77. The lowest BCUT2D eigenvalue weighted by molar-refractivity contribution is 0.102. The highest BCUT2D eigenvalue weighted by Gasteiger charge is 2.14. The van der Waals surface area contributed by atoms with Crippen LogP contribution in [0.2, 0.25) is 0 Å². The van der Waals surface area contributed by atoms with Crippen LogP contribution in [0.15, 0.2) is 76.2 Å². The summed E-state index contributed by atoms with van der Waals surface area (Å²) < 4.78 is 32.8. The number of carbonyl (C=O) groups excluding carboxylic acids is 1. The number of sulfonamides is 1. The summed E-state index contributed by atoms with van der Waals surface area (Å²) in [5.41, 5.74) is 0.816. The Morgan fingerprint density at radius 1 is 1.10 bits per heavy atom. The third-order valence-corrected chi connectivity index (χ3v) is 5.83. The average Bonchev–Trinajstić information content (AvgIpc) is 2.69. The lowest BCUT2D eigenvalue weighted by atomic mass is 10.2. The van der Waals surface area contributed by atoms with Crippen LogP contribution < -0.4 is 14.8 Å². The molecular weight excluding hydrogens is 458 g/mol. The zero-order chi connectivity index (χ0) is 20.9. The Hall–Kier alpha value is -2.75. The molecule has 0 bridgehead atoms. The van der Waals surface area contributed by atoms with Gasteiger partial charge in [-0.25, -0.2) is 18.1 Å². The topological polar surface area (TPSA) is 97.4 Å². The number of nitrogens with one attached hydrogen (secondary N) is 2.